The monoisotopic (exact) mass is 481 g/mol. The molecule has 0 unspecified atom stereocenters. The van der Waals surface area contributed by atoms with Crippen molar-refractivity contribution < 1.29 is 32.2 Å². The number of methoxy groups -OCH3 is 1. The molecule has 0 saturated heterocycles. The molecule has 0 aliphatic carbocycles. The number of hydrogen-bond acceptors (Lipinski definition) is 7. The quantitative estimate of drug-likeness (QED) is 0.385. The Morgan fingerprint density at radius 1 is 1.00 bits per heavy atom. The van der Waals surface area contributed by atoms with Crippen LogP contribution in [0.2, 0.25) is 0 Å². The van der Waals surface area contributed by atoms with Crippen molar-refractivity contribution in [1.82, 2.24) is 0 Å². The fourth-order valence-corrected chi connectivity index (χ4v) is 4.76. The number of fused-ring (bicyclic) bond motifs is 1. The molecule has 0 aromatic heterocycles. The zero-order valence-corrected chi connectivity index (χ0v) is 19.5. The molecule has 0 atom stereocenters. The van der Waals surface area contributed by atoms with Crippen molar-refractivity contribution in [3.05, 3.63) is 82.9 Å². The lowest BCUT2D eigenvalue weighted by atomic mass is 10.1. The first-order valence-electron chi connectivity index (χ1n) is 10.5. The van der Waals surface area contributed by atoms with E-state index < -0.39 is 22.6 Å². The van der Waals surface area contributed by atoms with Crippen molar-refractivity contribution in [2.24, 2.45) is 0 Å². The van der Waals surface area contributed by atoms with Gasteiger partial charge in [-0.1, -0.05) is 17.7 Å². The fourth-order valence-electron chi connectivity index (χ4n) is 3.50. The Labute approximate surface area is 197 Å². The van der Waals surface area contributed by atoms with Gasteiger partial charge in [0.05, 0.1) is 19.3 Å². The van der Waals surface area contributed by atoms with Crippen LogP contribution in [0.25, 0.3) is 0 Å². The van der Waals surface area contributed by atoms with Gasteiger partial charge in [-0.3, -0.25) is 9.52 Å². The third kappa shape index (κ3) is 5.04. The van der Waals surface area contributed by atoms with Gasteiger partial charge < -0.3 is 14.2 Å². The number of aryl methyl sites for hydroxylation is 1. The molecule has 0 radical (unpaired) electrons. The summed E-state index contributed by atoms with van der Waals surface area (Å²) in [6.45, 7) is 1.98. The Hall–Kier alpha value is -3.85. The second kappa shape index (κ2) is 9.56. The predicted octanol–water partition coefficient (Wildman–Crippen LogP) is 3.78. The van der Waals surface area contributed by atoms with E-state index in [-0.39, 0.29) is 22.0 Å². The van der Waals surface area contributed by atoms with E-state index in [0.29, 0.717) is 17.9 Å². The average Bonchev–Trinajstić information content (AvgIpc) is 3.31. The van der Waals surface area contributed by atoms with E-state index in [0.717, 1.165) is 29.4 Å². The lowest BCUT2D eigenvalue weighted by Gasteiger charge is -2.13. The maximum absolute atomic E-state index is 13.0. The molecule has 1 aliphatic rings. The van der Waals surface area contributed by atoms with Crippen LogP contribution in [0.1, 0.15) is 31.8 Å². The van der Waals surface area contributed by atoms with E-state index in [2.05, 4.69) is 4.72 Å². The molecule has 0 fully saturated rings. The minimum absolute atomic E-state index is 0.0276. The van der Waals surface area contributed by atoms with Gasteiger partial charge in [0.25, 0.3) is 10.0 Å². The van der Waals surface area contributed by atoms with E-state index >= 15 is 0 Å². The van der Waals surface area contributed by atoms with Crippen LogP contribution in [-0.4, -0.2) is 40.5 Å². The minimum atomic E-state index is -4.07. The number of sulfonamides is 1. The van der Waals surface area contributed by atoms with E-state index in [1.54, 1.807) is 42.5 Å². The van der Waals surface area contributed by atoms with Crippen molar-refractivity contribution in [2.75, 3.05) is 25.0 Å². The van der Waals surface area contributed by atoms with Crippen LogP contribution in [0.15, 0.2) is 65.6 Å². The lowest BCUT2D eigenvalue weighted by Crippen LogP contribution is -2.17. The second-order valence-corrected chi connectivity index (χ2v) is 9.41. The summed E-state index contributed by atoms with van der Waals surface area (Å²) in [6.07, 6.45) is 0.718. The van der Waals surface area contributed by atoms with Gasteiger partial charge in [0, 0.05) is 17.7 Å². The zero-order valence-electron chi connectivity index (χ0n) is 18.7. The van der Waals surface area contributed by atoms with Gasteiger partial charge in [-0.2, -0.15) is 0 Å². The Balaban J connectivity index is 1.49. The first-order chi connectivity index (χ1) is 16.3. The SMILES string of the molecule is COc1ccc(C(=O)OCC(=O)c2ccc3c(c2)CCO3)cc1S(=O)(=O)Nc1ccc(C)cc1. The van der Waals surface area contributed by atoms with Crippen LogP contribution in [0.5, 0.6) is 11.5 Å². The standard InChI is InChI=1S/C25H23NO7S/c1-16-3-7-20(8-4-16)26-34(29,30)24-14-19(6-10-23(24)31-2)25(28)33-15-21(27)17-5-9-22-18(13-17)11-12-32-22/h3-10,13-14,26H,11-12,15H2,1-2H3. The number of carbonyl (C=O) groups is 2. The number of Topliss-reactive ketones (excluding diaryl/α,β-unsaturated/α-hetero) is 1. The Morgan fingerprint density at radius 2 is 1.74 bits per heavy atom. The summed E-state index contributed by atoms with van der Waals surface area (Å²) in [6, 6.07) is 15.8. The summed E-state index contributed by atoms with van der Waals surface area (Å²) in [5, 5.41) is 0. The number of rotatable bonds is 8. The predicted molar refractivity (Wildman–Crippen MR) is 125 cm³/mol. The number of esters is 1. The van der Waals surface area contributed by atoms with Gasteiger partial charge in [0.15, 0.2) is 12.4 Å². The normalized spacial score (nSPS) is 12.4. The smallest absolute Gasteiger partial charge is 0.338 e. The van der Waals surface area contributed by atoms with Crippen molar-refractivity contribution in [3.8, 4) is 11.5 Å². The molecule has 0 amide bonds. The summed E-state index contributed by atoms with van der Waals surface area (Å²) in [5.41, 5.74) is 2.67. The first kappa shape index (κ1) is 23.3. The van der Waals surface area contributed by atoms with Crippen LogP contribution in [0.4, 0.5) is 5.69 Å². The highest BCUT2D eigenvalue weighted by atomic mass is 32.2. The number of carbonyl (C=O) groups excluding carboxylic acids is 2. The number of anilines is 1. The third-order valence-electron chi connectivity index (χ3n) is 5.34. The second-order valence-electron chi connectivity index (χ2n) is 7.76. The molecular formula is C25H23NO7S. The summed E-state index contributed by atoms with van der Waals surface area (Å²) >= 11 is 0. The summed E-state index contributed by atoms with van der Waals surface area (Å²) < 4.78 is 44.2. The van der Waals surface area contributed by atoms with Gasteiger partial charge in [-0.25, -0.2) is 13.2 Å². The molecule has 4 rings (SSSR count). The van der Waals surface area contributed by atoms with Gasteiger partial charge >= 0.3 is 5.97 Å². The van der Waals surface area contributed by atoms with Crippen LogP contribution < -0.4 is 14.2 Å². The van der Waals surface area contributed by atoms with Crippen LogP contribution in [-0.2, 0) is 21.2 Å². The lowest BCUT2D eigenvalue weighted by molar-refractivity contribution is 0.0474. The molecule has 1 N–H and O–H groups in total. The van der Waals surface area contributed by atoms with Gasteiger partial charge in [-0.05, 0) is 61.0 Å². The van der Waals surface area contributed by atoms with Gasteiger partial charge in [0.2, 0.25) is 0 Å². The molecule has 3 aromatic carbocycles. The Morgan fingerprint density at radius 3 is 2.47 bits per heavy atom. The molecule has 9 heteroatoms. The molecule has 8 nitrogen and oxygen atoms in total. The van der Waals surface area contributed by atoms with E-state index in [1.807, 2.05) is 6.92 Å². The molecule has 176 valence electrons. The summed E-state index contributed by atoms with van der Waals surface area (Å²) in [7, 11) is -2.73. The number of benzene rings is 3. The largest absolute Gasteiger partial charge is 0.495 e. The minimum Gasteiger partial charge on any atom is -0.495 e. The maximum atomic E-state index is 13.0. The highest BCUT2D eigenvalue weighted by Gasteiger charge is 2.23. The number of hydrogen-bond donors (Lipinski definition) is 1. The van der Waals surface area contributed by atoms with Crippen LogP contribution >= 0.6 is 0 Å². The summed E-state index contributed by atoms with van der Waals surface area (Å²) in [5.74, 6) is -0.384. The number of ether oxygens (including phenoxy) is 3. The van der Waals surface area contributed by atoms with Crippen LogP contribution in [0.3, 0.4) is 0 Å². The molecule has 0 spiro atoms. The Kier molecular flexibility index (Phi) is 6.56. The van der Waals surface area contributed by atoms with E-state index in [9.17, 15) is 18.0 Å². The number of nitrogens with one attached hydrogen (secondary N) is 1. The highest BCUT2D eigenvalue weighted by molar-refractivity contribution is 7.92. The number of ketones is 1. The molecule has 34 heavy (non-hydrogen) atoms. The van der Waals surface area contributed by atoms with Crippen molar-refractivity contribution in [3.63, 3.8) is 0 Å². The van der Waals surface area contributed by atoms with Crippen molar-refractivity contribution in [2.45, 2.75) is 18.2 Å². The van der Waals surface area contributed by atoms with Gasteiger partial charge in [-0.15, -0.1) is 0 Å². The molecular weight excluding hydrogens is 458 g/mol. The topological polar surface area (TPSA) is 108 Å². The zero-order chi connectivity index (χ0) is 24.3. The first-order valence-corrected chi connectivity index (χ1v) is 12.0. The molecule has 0 saturated carbocycles. The van der Waals surface area contributed by atoms with E-state index in [4.69, 9.17) is 14.2 Å². The van der Waals surface area contributed by atoms with E-state index in [1.165, 1.54) is 19.2 Å². The summed E-state index contributed by atoms with van der Waals surface area (Å²) in [4.78, 5) is 24.9. The average molecular weight is 482 g/mol. The van der Waals surface area contributed by atoms with Gasteiger partial charge in [0.1, 0.15) is 16.4 Å². The Bertz CT molecular complexity index is 1350. The molecule has 1 heterocycles. The van der Waals surface area contributed by atoms with Crippen molar-refractivity contribution >= 4 is 27.5 Å². The fraction of sp³-hybridized carbons (Fsp3) is 0.200. The molecule has 3 aromatic rings. The highest BCUT2D eigenvalue weighted by Crippen LogP contribution is 2.28. The van der Waals surface area contributed by atoms with Crippen LogP contribution in [0, 0.1) is 6.92 Å². The molecule has 1 aliphatic heterocycles. The van der Waals surface area contributed by atoms with Crippen molar-refractivity contribution in [1.29, 1.82) is 0 Å². The third-order valence-corrected chi connectivity index (χ3v) is 6.74. The molecule has 0 bridgehead atoms. The maximum Gasteiger partial charge on any atom is 0.338 e.